The highest BCUT2D eigenvalue weighted by molar-refractivity contribution is 8.00. The van der Waals surface area contributed by atoms with E-state index < -0.39 is 25.3 Å². The number of benzene rings is 1. The topological polar surface area (TPSA) is 149 Å². The number of pyridine rings is 1. The molecule has 1 aromatic carbocycles. The first-order valence-corrected chi connectivity index (χ1v) is 13.1. The Morgan fingerprint density at radius 3 is 2.26 bits per heavy atom. The molecule has 1 aliphatic heterocycles. The Morgan fingerprint density at radius 2 is 1.71 bits per heavy atom. The van der Waals surface area contributed by atoms with Crippen molar-refractivity contribution in [3.8, 4) is 0 Å². The Hall–Kier alpha value is -2.03. The molecule has 3 rings (SSSR count). The third kappa shape index (κ3) is 6.02. The van der Waals surface area contributed by atoms with Gasteiger partial charge < -0.3 is 10.1 Å². The second kappa shape index (κ2) is 9.63. The van der Waals surface area contributed by atoms with Crippen molar-refractivity contribution in [2.45, 2.75) is 27.0 Å². The van der Waals surface area contributed by atoms with Crippen molar-refractivity contribution in [1.29, 1.82) is 0 Å². The molecule has 0 bridgehead atoms. The van der Waals surface area contributed by atoms with Crippen LogP contribution in [0.1, 0.15) is 6.92 Å². The maximum atomic E-state index is 12.6. The van der Waals surface area contributed by atoms with E-state index in [1.54, 1.807) is 13.0 Å². The number of carbonyl (C=O) groups is 1. The number of rotatable bonds is 7. The number of sulfonamides is 2. The van der Waals surface area contributed by atoms with E-state index in [0.717, 1.165) is 0 Å². The number of hydrogen-bond donors (Lipinski definition) is 2. The minimum Gasteiger partial charge on any atom is -0.379 e. The fourth-order valence-corrected chi connectivity index (χ4v) is 5.39. The first kappa shape index (κ1) is 23.6. The van der Waals surface area contributed by atoms with Gasteiger partial charge in [0.05, 0.1) is 28.4 Å². The second-order valence-electron chi connectivity index (χ2n) is 6.67. The molecule has 1 amide bonds. The lowest BCUT2D eigenvalue weighted by molar-refractivity contribution is -0.115. The number of hydrogen-bond acceptors (Lipinski definition) is 8. The van der Waals surface area contributed by atoms with E-state index in [-0.39, 0.29) is 15.7 Å². The summed E-state index contributed by atoms with van der Waals surface area (Å²) in [5.74, 6) is -0.319. The largest absolute Gasteiger partial charge is 0.379 e. The molecule has 0 aliphatic carbocycles. The van der Waals surface area contributed by atoms with Crippen molar-refractivity contribution >= 4 is 43.4 Å². The predicted octanol–water partition coefficient (Wildman–Crippen LogP) is 0.869. The van der Waals surface area contributed by atoms with Gasteiger partial charge in [-0.15, -0.1) is 0 Å². The molecule has 10 nitrogen and oxygen atoms in total. The van der Waals surface area contributed by atoms with E-state index in [1.165, 1.54) is 52.6 Å². The number of nitrogens with two attached hydrogens (primary N) is 1. The van der Waals surface area contributed by atoms with Crippen LogP contribution in [-0.2, 0) is 29.6 Å². The van der Waals surface area contributed by atoms with Crippen LogP contribution < -0.4 is 10.5 Å². The van der Waals surface area contributed by atoms with Gasteiger partial charge in [-0.25, -0.2) is 27.0 Å². The molecule has 168 valence electrons. The Labute approximate surface area is 185 Å². The molecule has 31 heavy (non-hydrogen) atoms. The van der Waals surface area contributed by atoms with Gasteiger partial charge in [0.2, 0.25) is 26.0 Å². The fourth-order valence-electron chi connectivity index (χ4n) is 2.73. The van der Waals surface area contributed by atoms with Crippen LogP contribution in [0, 0.1) is 0 Å². The van der Waals surface area contributed by atoms with Gasteiger partial charge in [0, 0.05) is 25.0 Å². The molecule has 1 fully saturated rings. The Morgan fingerprint density at radius 1 is 1.10 bits per heavy atom. The van der Waals surface area contributed by atoms with Gasteiger partial charge in [-0.1, -0.05) is 11.8 Å². The first-order chi connectivity index (χ1) is 14.6. The van der Waals surface area contributed by atoms with Gasteiger partial charge in [0.1, 0.15) is 4.90 Å². The van der Waals surface area contributed by atoms with Gasteiger partial charge in [-0.05, 0) is 43.3 Å². The number of nitrogens with zero attached hydrogens (tertiary/aromatic N) is 2. The van der Waals surface area contributed by atoms with Crippen molar-refractivity contribution in [2.24, 2.45) is 5.14 Å². The quantitative estimate of drug-likeness (QED) is 0.548. The zero-order valence-electron chi connectivity index (χ0n) is 16.6. The number of nitrogens with one attached hydrogen (secondary N) is 1. The van der Waals surface area contributed by atoms with Crippen LogP contribution in [0.15, 0.2) is 57.4 Å². The van der Waals surface area contributed by atoms with Gasteiger partial charge in [-0.2, -0.15) is 4.31 Å². The van der Waals surface area contributed by atoms with Crippen LogP contribution >= 0.6 is 11.8 Å². The summed E-state index contributed by atoms with van der Waals surface area (Å²) in [7, 11) is -7.43. The molecule has 0 radical (unpaired) electrons. The van der Waals surface area contributed by atoms with E-state index in [2.05, 4.69) is 10.3 Å². The summed E-state index contributed by atoms with van der Waals surface area (Å²) in [6, 6.07) is 8.52. The number of morpholine rings is 1. The fraction of sp³-hybridized carbons (Fsp3) is 0.333. The van der Waals surface area contributed by atoms with Crippen LogP contribution in [0.2, 0.25) is 0 Å². The summed E-state index contributed by atoms with van der Waals surface area (Å²) in [5.41, 5.74) is 0.421. The molecule has 0 spiro atoms. The van der Waals surface area contributed by atoms with E-state index >= 15 is 0 Å². The molecular formula is C18H22N4O6S3. The van der Waals surface area contributed by atoms with Gasteiger partial charge in [-0.3, -0.25) is 4.79 Å². The highest BCUT2D eigenvalue weighted by atomic mass is 32.2. The molecule has 1 aliphatic rings. The van der Waals surface area contributed by atoms with Gasteiger partial charge >= 0.3 is 0 Å². The number of ether oxygens (including phenoxy) is 1. The molecule has 1 saturated heterocycles. The van der Waals surface area contributed by atoms with Crippen molar-refractivity contribution in [3.63, 3.8) is 0 Å². The first-order valence-electron chi connectivity index (χ1n) is 9.22. The average Bonchev–Trinajstić information content (AvgIpc) is 2.74. The van der Waals surface area contributed by atoms with E-state index in [0.29, 0.717) is 37.0 Å². The highest BCUT2D eigenvalue weighted by Gasteiger charge is 2.26. The Balaban J connectivity index is 1.61. The number of anilines is 1. The molecular weight excluding hydrogens is 464 g/mol. The summed E-state index contributed by atoms with van der Waals surface area (Å²) in [6.07, 6.45) is 1.28. The maximum absolute atomic E-state index is 12.6. The van der Waals surface area contributed by atoms with Crippen LogP contribution in [0.3, 0.4) is 0 Å². The monoisotopic (exact) mass is 486 g/mol. The average molecular weight is 487 g/mol. The Bertz CT molecular complexity index is 1130. The summed E-state index contributed by atoms with van der Waals surface area (Å²) in [5, 5.41) is 7.69. The van der Waals surface area contributed by atoms with Crippen LogP contribution in [0.5, 0.6) is 0 Å². The highest BCUT2D eigenvalue weighted by Crippen LogP contribution is 2.25. The molecule has 0 unspecified atom stereocenters. The van der Waals surface area contributed by atoms with Gasteiger partial charge in [0.25, 0.3) is 0 Å². The Kier molecular flexibility index (Phi) is 7.34. The standard InChI is InChI=1S/C18H22N4O6S3/c1-13(18(23)21-14-2-4-15(5-3-14)30(19,24)25)29-17-7-6-16(12-20-17)31(26,27)22-8-10-28-11-9-22/h2-7,12-13H,8-11H2,1H3,(H,21,23)(H2,19,24,25)/t13-/m0/s1. The molecule has 1 aromatic heterocycles. The predicted molar refractivity (Wildman–Crippen MR) is 116 cm³/mol. The van der Waals surface area contributed by atoms with Crippen molar-refractivity contribution < 1.29 is 26.4 Å². The smallest absolute Gasteiger partial charge is 0.244 e. The third-order valence-electron chi connectivity index (χ3n) is 4.43. The SMILES string of the molecule is C[C@H](Sc1ccc(S(=O)(=O)N2CCOCC2)cn1)C(=O)Nc1ccc(S(N)(=O)=O)cc1. The minimum atomic E-state index is -3.80. The van der Waals surface area contributed by atoms with E-state index in [1.807, 2.05) is 0 Å². The normalized spacial score (nSPS) is 16.6. The summed E-state index contributed by atoms with van der Waals surface area (Å²) < 4.78 is 54.4. The lowest BCUT2D eigenvalue weighted by Crippen LogP contribution is -2.40. The second-order valence-corrected chi connectivity index (χ2v) is 11.5. The number of thioether (sulfide) groups is 1. The van der Waals surface area contributed by atoms with Crippen LogP contribution in [0.25, 0.3) is 0 Å². The number of carbonyl (C=O) groups excluding carboxylic acids is 1. The summed E-state index contributed by atoms with van der Waals surface area (Å²) in [6.45, 7) is 3.00. The molecule has 2 aromatic rings. The van der Waals surface area contributed by atoms with Crippen molar-refractivity contribution in [1.82, 2.24) is 9.29 Å². The third-order valence-corrected chi connectivity index (χ3v) is 8.30. The van der Waals surface area contributed by atoms with Crippen LogP contribution in [-0.4, -0.2) is 63.6 Å². The molecule has 1 atom stereocenters. The van der Waals surface area contributed by atoms with Gasteiger partial charge in [0.15, 0.2) is 0 Å². The van der Waals surface area contributed by atoms with Crippen molar-refractivity contribution in [2.75, 3.05) is 31.6 Å². The zero-order chi connectivity index (χ0) is 22.6. The lowest BCUT2D eigenvalue weighted by Gasteiger charge is -2.25. The summed E-state index contributed by atoms with van der Waals surface area (Å²) in [4.78, 5) is 16.6. The number of amides is 1. The number of primary sulfonamides is 1. The van der Waals surface area contributed by atoms with Crippen LogP contribution in [0.4, 0.5) is 5.69 Å². The molecule has 3 N–H and O–H groups in total. The number of aromatic nitrogens is 1. The zero-order valence-corrected chi connectivity index (χ0v) is 19.0. The molecule has 0 saturated carbocycles. The molecule has 13 heteroatoms. The lowest BCUT2D eigenvalue weighted by atomic mass is 10.3. The maximum Gasteiger partial charge on any atom is 0.244 e. The molecule has 2 heterocycles. The van der Waals surface area contributed by atoms with E-state index in [9.17, 15) is 21.6 Å². The van der Waals surface area contributed by atoms with Crippen molar-refractivity contribution in [3.05, 3.63) is 42.6 Å². The van der Waals surface area contributed by atoms with E-state index in [4.69, 9.17) is 9.88 Å². The summed E-state index contributed by atoms with van der Waals surface area (Å²) >= 11 is 1.17. The minimum absolute atomic E-state index is 0.0516.